The molecule has 3 rings (SSSR count). The van der Waals surface area contributed by atoms with Gasteiger partial charge in [0.2, 0.25) is 0 Å². The highest BCUT2D eigenvalue weighted by molar-refractivity contribution is 5.95. The molecule has 0 fully saturated rings. The molecule has 0 aromatic heterocycles. The van der Waals surface area contributed by atoms with Crippen LogP contribution in [0.4, 0.5) is 0 Å². The molecule has 0 saturated carbocycles. The Bertz CT molecular complexity index is 1190. The largest absolute Gasteiger partial charge is 0.489 e. The molecule has 2 N–H and O–H groups in total. The molecule has 3 aromatic rings. The molecule has 0 amide bonds. The minimum Gasteiger partial charge on any atom is -0.489 e. The number of allylic oxidation sites excluding steroid dienone is 1. The van der Waals surface area contributed by atoms with Crippen molar-refractivity contribution in [1.82, 2.24) is 0 Å². The van der Waals surface area contributed by atoms with E-state index in [4.69, 9.17) is 9.47 Å². The van der Waals surface area contributed by atoms with Crippen LogP contribution in [0.5, 0.6) is 11.5 Å². The van der Waals surface area contributed by atoms with Crippen molar-refractivity contribution in [3.63, 3.8) is 0 Å². The fraction of sp³-hybridized carbons (Fsp3) is 0.312. The molecule has 0 unspecified atom stereocenters. The Hall–Kier alpha value is -3.90. The number of carboxylic acid groups (broad SMARTS) is 1. The fourth-order valence-corrected chi connectivity index (χ4v) is 3.99. The fourth-order valence-electron chi connectivity index (χ4n) is 3.99. The maximum Gasteiger partial charge on any atom is 0.340 e. The van der Waals surface area contributed by atoms with Gasteiger partial charge >= 0.3 is 5.97 Å². The van der Waals surface area contributed by atoms with Crippen LogP contribution in [-0.2, 0) is 18.0 Å². The number of ketones is 1. The number of aromatic carboxylic acids is 1. The van der Waals surface area contributed by atoms with E-state index in [9.17, 15) is 19.8 Å². The quantitative estimate of drug-likeness (QED) is 0.202. The number of Topliss-reactive ketones (excluding diaryl/α,β-unsaturated/α-hetero) is 1. The molecule has 38 heavy (non-hydrogen) atoms. The van der Waals surface area contributed by atoms with Crippen LogP contribution in [0.15, 0.2) is 78.9 Å². The van der Waals surface area contributed by atoms with E-state index in [-0.39, 0.29) is 29.8 Å². The maximum absolute atomic E-state index is 12.3. The molecule has 0 bridgehead atoms. The minimum absolute atomic E-state index is 0.0680. The van der Waals surface area contributed by atoms with Gasteiger partial charge in [-0.05, 0) is 55.4 Å². The Morgan fingerprint density at radius 2 is 1.47 bits per heavy atom. The number of ether oxygens (including phenoxy) is 2. The number of aliphatic hydroxyl groups excluding tert-OH is 1. The topological polar surface area (TPSA) is 93.1 Å². The first-order chi connectivity index (χ1) is 18.4. The van der Waals surface area contributed by atoms with Crippen LogP contribution in [0.2, 0.25) is 0 Å². The van der Waals surface area contributed by atoms with Gasteiger partial charge in [-0.2, -0.15) is 0 Å². The highest BCUT2D eigenvalue weighted by Crippen LogP contribution is 2.31. The molecule has 0 aliphatic carbocycles. The third-order valence-electron chi connectivity index (χ3n) is 6.01. The summed E-state index contributed by atoms with van der Waals surface area (Å²) in [5.74, 6) is -0.163. The Kier molecular flexibility index (Phi) is 11.6. The van der Waals surface area contributed by atoms with Gasteiger partial charge in [0.25, 0.3) is 0 Å². The maximum atomic E-state index is 12.3. The average Bonchev–Trinajstić information content (AvgIpc) is 2.91. The SMILES string of the molecule is C[C@@H](O)CCCC(=O)CCCC=Cc1cc(OCc2ccccc2)cc(OCc2ccccc2)c1C(=O)O. The Morgan fingerprint density at radius 1 is 0.868 bits per heavy atom. The van der Waals surface area contributed by atoms with E-state index in [2.05, 4.69) is 0 Å². The van der Waals surface area contributed by atoms with Crippen LogP contribution in [0.1, 0.15) is 72.5 Å². The monoisotopic (exact) mass is 516 g/mol. The lowest BCUT2D eigenvalue weighted by atomic mass is 10.0. The van der Waals surface area contributed by atoms with Crippen molar-refractivity contribution >= 4 is 17.8 Å². The molecule has 0 saturated heterocycles. The number of carbonyl (C=O) groups is 2. The Balaban J connectivity index is 1.73. The summed E-state index contributed by atoms with van der Waals surface area (Å²) in [6.45, 7) is 2.29. The lowest BCUT2D eigenvalue weighted by molar-refractivity contribution is -0.119. The van der Waals surface area contributed by atoms with E-state index < -0.39 is 5.97 Å². The molecule has 0 spiro atoms. The van der Waals surface area contributed by atoms with E-state index in [1.54, 1.807) is 25.1 Å². The number of unbranched alkanes of at least 4 members (excludes halogenated alkanes) is 1. The second-order valence-corrected chi connectivity index (χ2v) is 9.31. The summed E-state index contributed by atoms with van der Waals surface area (Å²) in [5.41, 5.74) is 2.47. The minimum atomic E-state index is -1.09. The number of carbonyl (C=O) groups excluding carboxylic acids is 1. The van der Waals surface area contributed by atoms with Crippen LogP contribution in [-0.4, -0.2) is 28.1 Å². The van der Waals surface area contributed by atoms with Crippen molar-refractivity contribution in [2.24, 2.45) is 0 Å². The van der Waals surface area contributed by atoms with Crippen LogP contribution in [0, 0.1) is 0 Å². The van der Waals surface area contributed by atoms with Crippen molar-refractivity contribution < 1.29 is 29.3 Å². The van der Waals surface area contributed by atoms with Crippen LogP contribution >= 0.6 is 0 Å². The van der Waals surface area contributed by atoms with Gasteiger partial charge in [0.1, 0.15) is 36.1 Å². The van der Waals surface area contributed by atoms with Crippen molar-refractivity contribution in [2.75, 3.05) is 0 Å². The number of carboxylic acids is 1. The molecule has 6 heteroatoms. The zero-order chi connectivity index (χ0) is 27.2. The zero-order valence-corrected chi connectivity index (χ0v) is 21.8. The summed E-state index contributed by atoms with van der Waals surface area (Å²) >= 11 is 0. The van der Waals surface area contributed by atoms with Gasteiger partial charge in [-0.3, -0.25) is 4.79 Å². The van der Waals surface area contributed by atoms with Gasteiger partial charge in [-0.15, -0.1) is 0 Å². The zero-order valence-electron chi connectivity index (χ0n) is 21.8. The van der Waals surface area contributed by atoms with Crippen molar-refractivity contribution in [2.45, 2.75) is 64.8 Å². The van der Waals surface area contributed by atoms with Gasteiger partial charge in [-0.25, -0.2) is 4.79 Å². The van der Waals surface area contributed by atoms with E-state index in [1.165, 1.54) is 0 Å². The lowest BCUT2D eigenvalue weighted by Crippen LogP contribution is -2.07. The second-order valence-electron chi connectivity index (χ2n) is 9.31. The summed E-state index contributed by atoms with van der Waals surface area (Å²) in [5, 5.41) is 19.3. The highest BCUT2D eigenvalue weighted by atomic mass is 16.5. The van der Waals surface area contributed by atoms with Crippen molar-refractivity contribution in [3.8, 4) is 11.5 Å². The van der Waals surface area contributed by atoms with Crippen molar-refractivity contribution in [3.05, 3.63) is 101 Å². The Labute approximate surface area is 224 Å². The number of benzene rings is 3. The summed E-state index contributed by atoms with van der Waals surface area (Å²) < 4.78 is 12.0. The van der Waals surface area contributed by atoms with Gasteiger partial charge in [0.15, 0.2) is 0 Å². The van der Waals surface area contributed by atoms with Crippen LogP contribution < -0.4 is 9.47 Å². The average molecular weight is 517 g/mol. The smallest absolute Gasteiger partial charge is 0.340 e. The summed E-state index contributed by atoms with van der Waals surface area (Å²) in [4.78, 5) is 24.3. The third-order valence-corrected chi connectivity index (χ3v) is 6.01. The number of aliphatic hydroxyl groups is 1. The predicted molar refractivity (Wildman–Crippen MR) is 148 cm³/mol. The van der Waals surface area contributed by atoms with Crippen LogP contribution in [0.3, 0.4) is 0 Å². The molecule has 0 heterocycles. The molecular formula is C32H36O6. The van der Waals surface area contributed by atoms with Crippen molar-refractivity contribution in [1.29, 1.82) is 0 Å². The number of hydrogen-bond donors (Lipinski definition) is 2. The van der Waals surface area contributed by atoms with Crippen LogP contribution in [0.25, 0.3) is 6.08 Å². The first-order valence-corrected chi connectivity index (χ1v) is 13.0. The molecule has 0 aliphatic rings. The summed E-state index contributed by atoms with van der Waals surface area (Å²) in [6.07, 6.45) is 6.81. The number of hydrogen-bond acceptors (Lipinski definition) is 5. The third kappa shape index (κ3) is 9.87. The van der Waals surface area contributed by atoms with E-state index in [1.807, 2.05) is 66.7 Å². The van der Waals surface area contributed by atoms with Gasteiger partial charge in [-0.1, -0.05) is 72.8 Å². The summed E-state index contributed by atoms with van der Waals surface area (Å²) in [7, 11) is 0. The first kappa shape index (κ1) is 28.7. The standard InChI is InChI=1S/C32H36O6/c1-24(33)12-11-19-28(34)18-10-4-9-17-27-20-29(37-22-25-13-5-2-6-14-25)21-30(31(27)32(35)36)38-23-26-15-7-3-8-16-26/h2-3,5-9,13-17,20-21,24,33H,4,10-12,18-19,22-23H2,1H3,(H,35,36)/t24-/m1/s1. The Morgan fingerprint density at radius 3 is 2.08 bits per heavy atom. The van der Waals surface area contributed by atoms with Gasteiger partial charge in [0, 0.05) is 18.9 Å². The van der Waals surface area contributed by atoms with Gasteiger partial charge in [0.05, 0.1) is 6.10 Å². The highest BCUT2D eigenvalue weighted by Gasteiger charge is 2.18. The first-order valence-electron chi connectivity index (χ1n) is 13.0. The molecule has 0 radical (unpaired) electrons. The summed E-state index contributed by atoms with van der Waals surface area (Å²) in [6, 6.07) is 22.6. The second kappa shape index (κ2) is 15.4. The van der Waals surface area contributed by atoms with Gasteiger partial charge < -0.3 is 19.7 Å². The predicted octanol–water partition coefficient (Wildman–Crippen LogP) is 6.85. The normalized spacial score (nSPS) is 11.8. The molecule has 3 aromatic carbocycles. The molecule has 1 atom stereocenters. The van der Waals surface area contributed by atoms with E-state index >= 15 is 0 Å². The molecular weight excluding hydrogens is 480 g/mol. The lowest BCUT2D eigenvalue weighted by Gasteiger charge is -2.15. The number of rotatable bonds is 16. The molecule has 200 valence electrons. The van der Waals surface area contributed by atoms with E-state index in [0.29, 0.717) is 56.4 Å². The molecule has 0 aliphatic heterocycles. The van der Waals surface area contributed by atoms with E-state index in [0.717, 1.165) is 11.1 Å². The molecule has 6 nitrogen and oxygen atoms in total.